The molecule has 92 valence electrons. The van der Waals surface area contributed by atoms with Gasteiger partial charge in [0.15, 0.2) is 0 Å². The number of hydrogen-bond donors (Lipinski definition) is 3. The molecular formula is C12H12N4O2. The lowest BCUT2D eigenvalue weighted by molar-refractivity contribution is -0.136. The quantitative estimate of drug-likeness (QED) is 0.551. The number of rotatable bonds is 3. The van der Waals surface area contributed by atoms with Gasteiger partial charge in [0.05, 0.1) is 11.7 Å². The molecule has 3 N–H and O–H groups in total. The predicted molar refractivity (Wildman–Crippen MR) is 67.9 cm³/mol. The summed E-state index contributed by atoms with van der Waals surface area (Å²) in [6.07, 6.45) is 3.18. The maximum absolute atomic E-state index is 11.5. The average molecular weight is 244 g/mol. The molecule has 0 aliphatic heterocycles. The SMILES string of the molecule is C=CCNC(=O)C(=O)Nc1ccc2cn[nH]c2c1. The van der Waals surface area contributed by atoms with Gasteiger partial charge in [0.2, 0.25) is 0 Å². The summed E-state index contributed by atoms with van der Waals surface area (Å²) in [5.41, 5.74) is 1.32. The monoisotopic (exact) mass is 244 g/mol. The van der Waals surface area contributed by atoms with Crippen molar-refractivity contribution in [3.05, 3.63) is 37.1 Å². The first-order valence-electron chi connectivity index (χ1n) is 5.34. The van der Waals surface area contributed by atoms with Crippen molar-refractivity contribution in [1.82, 2.24) is 15.5 Å². The summed E-state index contributed by atoms with van der Waals surface area (Å²) >= 11 is 0. The van der Waals surface area contributed by atoms with Crippen LogP contribution in [0.25, 0.3) is 10.9 Å². The van der Waals surface area contributed by atoms with Crippen molar-refractivity contribution in [2.45, 2.75) is 0 Å². The predicted octanol–water partition coefficient (Wildman–Crippen LogP) is 0.804. The number of carbonyl (C=O) groups is 2. The zero-order chi connectivity index (χ0) is 13.0. The van der Waals surface area contributed by atoms with Crippen LogP contribution in [-0.4, -0.2) is 28.6 Å². The van der Waals surface area contributed by atoms with E-state index in [1.807, 2.05) is 0 Å². The average Bonchev–Trinajstić information content (AvgIpc) is 2.83. The van der Waals surface area contributed by atoms with Crippen LogP contribution in [0, 0.1) is 0 Å². The molecule has 0 unspecified atom stereocenters. The van der Waals surface area contributed by atoms with Crippen LogP contribution in [0.15, 0.2) is 37.1 Å². The molecule has 0 saturated heterocycles. The molecule has 0 fully saturated rings. The molecule has 1 heterocycles. The number of H-pyrrole nitrogens is 1. The van der Waals surface area contributed by atoms with Gasteiger partial charge in [-0.15, -0.1) is 6.58 Å². The largest absolute Gasteiger partial charge is 0.344 e. The fourth-order valence-electron chi connectivity index (χ4n) is 1.45. The van der Waals surface area contributed by atoms with Gasteiger partial charge >= 0.3 is 11.8 Å². The van der Waals surface area contributed by atoms with Gasteiger partial charge < -0.3 is 10.6 Å². The van der Waals surface area contributed by atoms with Crippen molar-refractivity contribution >= 4 is 28.4 Å². The van der Waals surface area contributed by atoms with E-state index < -0.39 is 11.8 Å². The minimum atomic E-state index is -0.712. The van der Waals surface area contributed by atoms with Crippen LogP contribution in [0.2, 0.25) is 0 Å². The highest BCUT2D eigenvalue weighted by Crippen LogP contribution is 2.16. The summed E-state index contributed by atoms with van der Waals surface area (Å²) in [5.74, 6) is -1.41. The van der Waals surface area contributed by atoms with E-state index in [0.717, 1.165) is 10.9 Å². The van der Waals surface area contributed by atoms with Gasteiger partial charge in [-0.2, -0.15) is 5.10 Å². The molecule has 0 spiro atoms. The second-order valence-electron chi connectivity index (χ2n) is 3.62. The van der Waals surface area contributed by atoms with Crippen molar-refractivity contribution in [1.29, 1.82) is 0 Å². The second-order valence-corrected chi connectivity index (χ2v) is 3.62. The van der Waals surface area contributed by atoms with Crippen LogP contribution in [-0.2, 0) is 9.59 Å². The van der Waals surface area contributed by atoms with E-state index in [1.165, 1.54) is 6.08 Å². The molecule has 0 atom stereocenters. The summed E-state index contributed by atoms with van der Waals surface area (Å²) in [6.45, 7) is 3.70. The first kappa shape index (κ1) is 11.8. The van der Waals surface area contributed by atoms with Crippen molar-refractivity contribution in [3.8, 4) is 0 Å². The number of hydrogen-bond acceptors (Lipinski definition) is 3. The van der Waals surface area contributed by atoms with E-state index in [0.29, 0.717) is 5.69 Å². The van der Waals surface area contributed by atoms with E-state index in [-0.39, 0.29) is 6.54 Å². The fraction of sp³-hybridized carbons (Fsp3) is 0.0833. The number of aromatic nitrogens is 2. The van der Waals surface area contributed by atoms with Crippen molar-refractivity contribution in [2.24, 2.45) is 0 Å². The van der Waals surface area contributed by atoms with Gasteiger partial charge in [-0.05, 0) is 18.2 Å². The molecule has 2 amide bonds. The van der Waals surface area contributed by atoms with E-state index in [9.17, 15) is 9.59 Å². The van der Waals surface area contributed by atoms with Crippen LogP contribution < -0.4 is 10.6 Å². The van der Waals surface area contributed by atoms with Crippen LogP contribution in [0.3, 0.4) is 0 Å². The number of aromatic amines is 1. The van der Waals surface area contributed by atoms with Gasteiger partial charge in [-0.1, -0.05) is 6.08 Å². The molecule has 0 aliphatic rings. The standard InChI is InChI=1S/C12H12N4O2/c1-2-5-13-11(17)12(18)15-9-4-3-8-7-14-16-10(8)6-9/h2-4,6-7H,1,5H2,(H,13,17)(H,14,16)(H,15,18). The Bertz CT molecular complexity index is 603. The van der Waals surface area contributed by atoms with Crippen molar-refractivity contribution in [2.75, 3.05) is 11.9 Å². The molecule has 2 aromatic rings. The highest BCUT2D eigenvalue weighted by molar-refractivity contribution is 6.39. The highest BCUT2D eigenvalue weighted by Gasteiger charge is 2.12. The smallest absolute Gasteiger partial charge is 0.313 e. The maximum Gasteiger partial charge on any atom is 0.313 e. The summed E-state index contributed by atoms with van der Waals surface area (Å²) in [7, 11) is 0. The molecule has 1 aromatic heterocycles. The number of anilines is 1. The van der Waals surface area contributed by atoms with Crippen LogP contribution in [0.4, 0.5) is 5.69 Å². The highest BCUT2D eigenvalue weighted by atomic mass is 16.2. The summed E-state index contributed by atoms with van der Waals surface area (Å²) in [5, 5.41) is 12.5. The Kier molecular flexibility index (Phi) is 3.38. The second kappa shape index (κ2) is 5.13. The van der Waals surface area contributed by atoms with Gasteiger partial charge in [-0.25, -0.2) is 0 Å². The number of nitrogens with zero attached hydrogens (tertiary/aromatic N) is 1. The minimum Gasteiger partial charge on any atom is -0.344 e. The first-order chi connectivity index (χ1) is 8.70. The molecule has 2 rings (SSSR count). The number of fused-ring (bicyclic) bond motifs is 1. The third-order valence-electron chi connectivity index (χ3n) is 2.31. The third kappa shape index (κ3) is 2.54. The Morgan fingerprint density at radius 3 is 3.00 bits per heavy atom. The van der Waals surface area contributed by atoms with Crippen molar-refractivity contribution < 1.29 is 9.59 Å². The molecular weight excluding hydrogens is 232 g/mol. The lowest BCUT2D eigenvalue weighted by Gasteiger charge is -2.04. The van der Waals surface area contributed by atoms with E-state index in [2.05, 4.69) is 27.4 Å². The summed E-state index contributed by atoms with van der Waals surface area (Å²) in [6, 6.07) is 5.22. The van der Waals surface area contributed by atoms with Crippen LogP contribution in [0.1, 0.15) is 0 Å². The molecule has 6 heteroatoms. The number of amides is 2. The lowest BCUT2D eigenvalue weighted by atomic mass is 10.2. The van der Waals surface area contributed by atoms with Crippen LogP contribution >= 0.6 is 0 Å². The summed E-state index contributed by atoms with van der Waals surface area (Å²) in [4.78, 5) is 22.8. The Morgan fingerprint density at radius 1 is 1.39 bits per heavy atom. The zero-order valence-corrected chi connectivity index (χ0v) is 9.56. The summed E-state index contributed by atoms with van der Waals surface area (Å²) < 4.78 is 0. The molecule has 0 radical (unpaired) electrons. The van der Waals surface area contributed by atoms with Gasteiger partial charge in [0.25, 0.3) is 0 Å². The molecule has 0 saturated carbocycles. The number of nitrogens with one attached hydrogen (secondary N) is 3. The molecule has 0 aliphatic carbocycles. The zero-order valence-electron chi connectivity index (χ0n) is 9.56. The first-order valence-corrected chi connectivity index (χ1v) is 5.34. The Labute approximate surface area is 103 Å². The molecule has 6 nitrogen and oxygen atoms in total. The number of benzene rings is 1. The van der Waals surface area contributed by atoms with Gasteiger partial charge in [0.1, 0.15) is 0 Å². The van der Waals surface area contributed by atoms with Crippen molar-refractivity contribution in [3.63, 3.8) is 0 Å². The Balaban J connectivity index is 2.06. The van der Waals surface area contributed by atoms with Crippen LogP contribution in [0.5, 0.6) is 0 Å². The lowest BCUT2D eigenvalue weighted by Crippen LogP contribution is -2.35. The fourth-order valence-corrected chi connectivity index (χ4v) is 1.45. The Morgan fingerprint density at radius 2 is 2.22 bits per heavy atom. The third-order valence-corrected chi connectivity index (χ3v) is 2.31. The molecule has 18 heavy (non-hydrogen) atoms. The number of carbonyl (C=O) groups excluding carboxylic acids is 2. The Hall–Kier alpha value is -2.63. The topological polar surface area (TPSA) is 86.9 Å². The van der Waals surface area contributed by atoms with E-state index >= 15 is 0 Å². The maximum atomic E-state index is 11.5. The normalized spacial score (nSPS) is 10.0. The van der Waals surface area contributed by atoms with Gasteiger partial charge in [0, 0.05) is 17.6 Å². The van der Waals surface area contributed by atoms with E-state index in [1.54, 1.807) is 24.4 Å². The van der Waals surface area contributed by atoms with Gasteiger partial charge in [-0.3, -0.25) is 14.7 Å². The van der Waals surface area contributed by atoms with E-state index in [4.69, 9.17) is 0 Å². The minimum absolute atomic E-state index is 0.256. The molecule has 1 aromatic carbocycles. The molecule has 0 bridgehead atoms.